The van der Waals surface area contributed by atoms with Gasteiger partial charge in [-0.15, -0.1) is 0 Å². The molecule has 3 aromatic heterocycles. The van der Waals surface area contributed by atoms with Gasteiger partial charge in [-0.2, -0.15) is 5.26 Å². The van der Waals surface area contributed by atoms with Gasteiger partial charge in [0, 0.05) is 12.4 Å². The number of nitriles is 1. The fourth-order valence-electron chi connectivity index (χ4n) is 4.29. The molecule has 0 bridgehead atoms. The number of aliphatic hydroxyl groups is 1. The first-order valence-corrected chi connectivity index (χ1v) is 11.6. The quantitative estimate of drug-likeness (QED) is 0.378. The first-order valence-electron chi connectivity index (χ1n) is 11.2. The lowest BCUT2D eigenvalue weighted by Gasteiger charge is -2.47. The third kappa shape index (κ3) is 4.51. The lowest BCUT2D eigenvalue weighted by Crippen LogP contribution is -2.62. The molecule has 0 spiro atoms. The van der Waals surface area contributed by atoms with E-state index in [1.165, 1.54) is 23.4 Å². The Morgan fingerprint density at radius 3 is 2.54 bits per heavy atom. The van der Waals surface area contributed by atoms with Crippen LogP contribution in [-0.4, -0.2) is 47.3 Å². The van der Waals surface area contributed by atoms with Crippen molar-refractivity contribution in [1.29, 1.82) is 5.26 Å². The molecule has 1 saturated heterocycles. The Kier molecular flexibility index (Phi) is 6.62. The number of β-amino-alcohol motifs (C(OH)–C–C–N with tert-alkyl or cyclic N) is 1. The van der Waals surface area contributed by atoms with Gasteiger partial charge >= 0.3 is 5.69 Å². The molecule has 1 N–H and O–H groups in total. The van der Waals surface area contributed by atoms with E-state index in [4.69, 9.17) is 11.6 Å². The number of alkyl halides is 2. The summed E-state index contributed by atoms with van der Waals surface area (Å²) in [6, 6.07) is 6.80. The molecule has 5 rings (SSSR count). The highest BCUT2D eigenvalue weighted by Gasteiger charge is 2.47. The van der Waals surface area contributed by atoms with Gasteiger partial charge in [0.1, 0.15) is 23.9 Å². The van der Waals surface area contributed by atoms with Crippen molar-refractivity contribution in [2.75, 3.05) is 18.0 Å². The van der Waals surface area contributed by atoms with Gasteiger partial charge < -0.3 is 10.0 Å². The van der Waals surface area contributed by atoms with E-state index in [-0.39, 0.29) is 40.9 Å². The van der Waals surface area contributed by atoms with Gasteiger partial charge in [0.25, 0.3) is 12.0 Å². The second-order valence-corrected chi connectivity index (χ2v) is 8.96. The van der Waals surface area contributed by atoms with E-state index in [0.717, 1.165) is 29.1 Å². The Labute approximate surface area is 222 Å². The molecule has 0 aliphatic carbocycles. The third-order valence-corrected chi connectivity index (χ3v) is 6.32. The van der Waals surface area contributed by atoms with E-state index in [2.05, 4.69) is 19.9 Å². The highest BCUT2D eigenvalue weighted by Crippen LogP contribution is 2.38. The Bertz CT molecular complexity index is 1730. The Balaban J connectivity index is 1.77. The van der Waals surface area contributed by atoms with E-state index in [0.29, 0.717) is 4.57 Å². The fourth-order valence-corrected chi connectivity index (χ4v) is 4.47. The monoisotopic (exact) mass is 556 g/mol. The van der Waals surface area contributed by atoms with Crippen LogP contribution in [0.4, 0.5) is 19.0 Å². The highest BCUT2D eigenvalue weighted by molar-refractivity contribution is 6.31. The second-order valence-electron chi connectivity index (χ2n) is 8.56. The molecule has 198 valence electrons. The van der Waals surface area contributed by atoms with Crippen molar-refractivity contribution in [3.8, 4) is 23.0 Å². The van der Waals surface area contributed by atoms with Gasteiger partial charge in [0.05, 0.1) is 42.1 Å². The van der Waals surface area contributed by atoms with Crippen LogP contribution in [0.3, 0.4) is 0 Å². The molecular weight excluding hydrogens is 541 g/mol. The molecule has 15 heteroatoms. The van der Waals surface area contributed by atoms with E-state index >= 15 is 0 Å². The predicted molar refractivity (Wildman–Crippen MR) is 131 cm³/mol. The summed E-state index contributed by atoms with van der Waals surface area (Å²) in [5.41, 5.74) is -4.56. The number of nitrogens with zero attached hydrogens (tertiary/aromatic N) is 8. The van der Waals surface area contributed by atoms with Crippen molar-refractivity contribution in [3.05, 3.63) is 92.2 Å². The van der Waals surface area contributed by atoms with Crippen LogP contribution in [-0.2, 0) is 12.1 Å². The minimum absolute atomic E-state index is 0.0613. The van der Waals surface area contributed by atoms with Crippen molar-refractivity contribution in [2.24, 2.45) is 0 Å². The normalized spacial score (nSPS) is 14.2. The van der Waals surface area contributed by atoms with Crippen LogP contribution in [0.25, 0.3) is 16.9 Å². The average Bonchev–Trinajstić information content (AvgIpc) is 2.91. The Morgan fingerprint density at radius 2 is 1.90 bits per heavy atom. The summed E-state index contributed by atoms with van der Waals surface area (Å²) in [6.07, 6.45) is 1.57. The van der Waals surface area contributed by atoms with Crippen LogP contribution < -0.4 is 16.1 Å². The van der Waals surface area contributed by atoms with Crippen molar-refractivity contribution in [3.63, 3.8) is 0 Å². The van der Waals surface area contributed by atoms with Gasteiger partial charge in [-0.25, -0.2) is 37.5 Å². The van der Waals surface area contributed by atoms with Crippen LogP contribution >= 0.6 is 11.6 Å². The van der Waals surface area contributed by atoms with Gasteiger partial charge in [-0.1, -0.05) is 17.7 Å². The number of halogens is 4. The molecule has 1 aliphatic rings. The standard InChI is InChI=1S/C24H16ClF3N8O3/c25-14-8-13(2-3-15(14)26)18-20(34-11-24(39,12-34)22-31-5-1-6-32-22)35(7-4-29)23(38)36(21(18)37)17-10-30-9-16(33-17)19(27)28/h1-3,5-6,8-10,19,39H,7,11-12H2. The summed E-state index contributed by atoms with van der Waals surface area (Å²) in [6.45, 7) is -0.920. The number of hydrogen-bond acceptors (Lipinski definition) is 9. The van der Waals surface area contributed by atoms with E-state index in [9.17, 15) is 33.1 Å². The van der Waals surface area contributed by atoms with E-state index < -0.39 is 47.1 Å². The lowest BCUT2D eigenvalue weighted by molar-refractivity contribution is -0.00193. The Morgan fingerprint density at radius 1 is 1.18 bits per heavy atom. The number of anilines is 1. The first kappa shape index (κ1) is 26.0. The summed E-state index contributed by atoms with van der Waals surface area (Å²) < 4.78 is 42.1. The third-order valence-electron chi connectivity index (χ3n) is 6.04. The maximum atomic E-state index is 14.0. The number of benzene rings is 1. The lowest BCUT2D eigenvalue weighted by atomic mass is 9.92. The van der Waals surface area contributed by atoms with E-state index in [1.807, 2.05) is 6.07 Å². The molecule has 4 aromatic rings. The summed E-state index contributed by atoms with van der Waals surface area (Å²) >= 11 is 5.99. The van der Waals surface area contributed by atoms with Crippen molar-refractivity contribution >= 4 is 17.4 Å². The van der Waals surface area contributed by atoms with Crippen molar-refractivity contribution in [1.82, 2.24) is 29.1 Å². The van der Waals surface area contributed by atoms with Crippen LogP contribution in [0.5, 0.6) is 0 Å². The Hall–Kier alpha value is -4.61. The fraction of sp³-hybridized carbons (Fsp3) is 0.208. The van der Waals surface area contributed by atoms with Gasteiger partial charge in [-0.3, -0.25) is 14.3 Å². The molecule has 0 atom stereocenters. The van der Waals surface area contributed by atoms with Gasteiger partial charge in [0.15, 0.2) is 17.2 Å². The number of hydrogen-bond donors (Lipinski definition) is 1. The van der Waals surface area contributed by atoms with Crippen LogP contribution in [0.15, 0.2) is 58.6 Å². The molecule has 0 amide bonds. The smallest absolute Gasteiger partial charge is 0.339 e. The maximum Gasteiger partial charge on any atom is 0.339 e. The minimum atomic E-state index is -3.04. The van der Waals surface area contributed by atoms with Crippen LogP contribution in [0.2, 0.25) is 5.02 Å². The summed E-state index contributed by atoms with van der Waals surface area (Å²) in [5, 5.41) is 20.3. The molecule has 11 nitrogen and oxygen atoms in total. The minimum Gasteiger partial charge on any atom is -0.378 e. The molecule has 1 aliphatic heterocycles. The summed E-state index contributed by atoms with van der Waals surface area (Å²) in [5.74, 6) is -1.26. The molecule has 4 heterocycles. The molecule has 39 heavy (non-hydrogen) atoms. The summed E-state index contributed by atoms with van der Waals surface area (Å²) in [7, 11) is 0. The molecule has 0 radical (unpaired) electrons. The summed E-state index contributed by atoms with van der Waals surface area (Å²) in [4.78, 5) is 44.4. The first-order chi connectivity index (χ1) is 18.6. The molecule has 0 saturated carbocycles. The van der Waals surface area contributed by atoms with Crippen molar-refractivity contribution in [2.45, 2.75) is 18.6 Å². The van der Waals surface area contributed by atoms with Crippen LogP contribution in [0.1, 0.15) is 17.9 Å². The molecule has 1 fully saturated rings. The SMILES string of the molecule is N#CCn1c(N2CC(O)(c3ncccn3)C2)c(-c2ccc(F)c(Cl)c2)c(=O)n(-c2cncc(C(F)F)n2)c1=O. The zero-order valence-electron chi connectivity index (χ0n) is 19.7. The van der Waals surface area contributed by atoms with Gasteiger partial charge in [-0.05, 0) is 23.8 Å². The van der Waals surface area contributed by atoms with E-state index in [1.54, 1.807) is 6.07 Å². The zero-order chi connectivity index (χ0) is 27.9. The number of rotatable bonds is 6. The highest BCUT2D eigenvalue weighted by atomic mass is 35.5. The van der Waals surface area contributed by atoms with Crippen LogP contribution in [0, 0.1) is 17.1 Å². The topological polar surface area (TPSA) is 143 Å². The largest absolute Gasteiger partial charge is 0.378 e. The second kappa shape index (κ2) is 9.93. The number of aromatic nitrogens is 6. The molecular formula is C24H16ClF3N8O3. The van der Waals surface area contributed by atoms with Crippen molar-refractivity contribution < 1.29 is 18.3 Å². The molecule has 0 unspecified atom stereocenters. The molecule has 1 aromatic carbocycles. The van der Waals surface area contributed by atoms with Gasteiger partial charge in [0.2, 0.25) is 0 Å². The maximum absolute atomic E-state index is 14.0. The predicted octanol–water partition coefficient (Wildman–Crippen LogP) is 2.21. The average molecular weight is 557 g/mol. The zero-order valence-corrected chi connectivity index (χ0v) is 20.4.